The Morgan fingerprint density at radius 3 is 2.68 bits per heavy atom. The molecule has 138 valence electrons. The number of aliphatic hydroxyl groups excluding tert-OH is 1. The topological polar surface area (TPSA) is 23.5 Å². The van der Waals surface area contributed by atoms with E-state index in [0.29, 0.717) is 5.92 Å². The third kappa shape index (κ3) is 5.85. The molecule has 1 aliphatic rings. The van der Waals surface area contributed by atoms with E-state index in [4.69, 9.17) is 0 Å². The lowest BCUT2D eigenvalue weighted by Gasteiger charge is -2.20. The SMILES string of the molecule is CC.CN(C)CC[C@@H](O)CC[C@H]1Cc2ccsc2Sc2ccccc21. The summed E-state index contributed by atoms with van der Waals surface area (Å²) in [5.74, 6) is 0.517. The molecule has 0 bridgehead atoms. The van der Waals surface area contributed by atoms with Gasteiger partial charge < -0.3 is 10.0 Å². The maximum atomic E-state index is 10.3. The number of thiophene rings is 1. The Labute approximate surface area is 161 Å². The van der Waals surface area contributed by atoms with Gasteiger partial charge in [0.1, 0.15) is 0 Å². The molecule has 4 heteroatoms. The van der Waals surface area contributed by atoms with Crippen molar-refractivity contribution in [2.75, 3.05) is 20.6 Å². The summed E-state index contributed by atoms with van der Waals surface area (Å²) in [5, 5.41) is 12.5. The summed E-state index contributed by atoms with van der Waals surface area (Å²) in [6.45, 7) is 4.95. The van der Waals surface area contributed by atoms with Gasteiger partial charge in [0, 0.05) is 4.90 Å². The third-order valence-corrected chi connectivity index (χ3v) is 6.82. The highest BCUT2D eigenvalue weighted by Crippen LogP contribution is 2.45. The zero-order valence-electron chi connectivity index (χ0n) is 15.9. The monoisotopic (exact) mass is 377 g/mol. The van der Waals surface area contributed by atoms with E-state index in [-0.39, 0.29) is 6.10 Å². The Balaban J connectivity index is 0.00000109. The molecule has 0 fully saturated rings. The molecule has 3 rings (SSSR count). The molecular weight excluding hydrogens is 346 g/mol. The molecule has 2 heterocycles. The minimum Gasteiger partial charge on any atom is -0.393 e. The number of hydrogen-bond acceptors (Lipinski definition) is 4. The van der Waals surface area contributed by atoms with Crippen molar-refractivity contribution in [1.82, 2.24) is 4.90 Å². The molecule has 1 N–H and O–H groups in total. The first-order valence-electron chi connectivity index (χ1n) is 9.29. The quantitative estimate of drug-likeness (QED) is 0.703. The van der Waals surface area contributed by atoms with Crippen molar-refractivity contribution < 1.29 is 5.11 Å². The van der Waals surface area contributed by atoms with E-state index in [0.717, 1.165) is 32.2 Å². The second kappa shape index (κ2) is 10.4. The highest BCUT2D eigenvalue weighted by Gasteiger charge is 2.23. The van der Waals surface area contributed by atoms with Gasteiger partial charge in [0.25, 0.3) is 0 Å². The second-order valence-electron chi connectivity index (χ2n) is 6.60. The lowest BCUT2D eigenvalue weighted by Crippen LogP contribution is -2.20. The maximum absolute atomic E-state index is 10.3. The van der Waals surface area contributed by atoms with Crippen LogP contribution in [0.3, 0.4) is 0 Å². The Hall–Kier alpha value is -0.810. The van der Waals surface area contributed by atoms with Crippen LogP contribution in [0, 0.1) is 0 Å². The van der Waals surface area contributed by atoms with Gasteiger partial charge in [-0.2, -0.15) is 0 Å². The molecule has 2 aromatic rings. The van der Waals surface area contributed by atoms with Crippen molar-refractivity contribution in [3.8, 4) is 0 Å². The van der Waals surface area contributed by atoms with Crippen LogP contribution < -0.4 is 0 Å². The van der Waals surface area contributed by atoms with Gasteiger partial charge in [-0.3, -0.25) is 0 Å². The lowest BCUT2D eigenvalue weighted by molar-refractivity contribution is 0.137. The van der Waals surface area contributed by atoms with Crippen molar-refractivity contribution in [2.45, 2.75) is 60.7 Å². The zero-order valence-corrected chi connectivity index (χ0v) is 17.5. The average molecular weight is 378 g/mol. The van der Waals surface area contributed by atoms with E-state index in [1.807, 2.05) is 36.9 Å². The van der Waals surface area contributed by atoms with Crippen LogP contribution in [0.4, 0.5) is 0 Å². The highest BCUT2D eigenvalue weighted by molar-refractivity contribution is 8.01. The standard InChI is InChI=1S/C19H25NOS2.C2H6/c1-20(2)11-9-16(21)8-7-14-13-15-10-12-22-19(15)23-18-6-4-3-5-17(14)18;1-2/h3-6,10,12,14,16,21H,7-9,11,13H2,1-2H3;1-2H3/t14-,16-;/m0./s1. The summed E-state index contributed by atoms with van der Waals surface area (Å²) in [6, 6.07) is 11.1. The van der Waals surface area contributed by atoms with Crippen molar-refractivity contribution in [3.63, 3.8) is 0 Å². The van der Waals surface area contributed by atoms with Gasteiger partial charge in [-0.1, -0.05) is 43.8 Å². The van der Waals surface area contributed by atoms with E-state index >= 15 is 0 Å². The highest BCUT2D eigenvalue weighted by atomic mass is 32.2. The number of hydrogen-bond donors (Lipinski definition) is 1. The summed E-state index contributed by atoms with van der Waals surface area (Å²) in [4.78, 5) is 3.53. The first-order valence-corrected chi connectivity index (χ1v) is 11.0. The fourth-order valence-electron chi connectivity index (χ4n) is 3.15. The van der Waals surface area contributed by atoms with Gasteiger partial charge >= 0.3 is 0 Å². The van der Waals surface area contributed by atoms with Crippen LogP contribution in [0.1, 0.15) is 50.2 Å². The third-order valence-electron chi connectivity index (χ3n) is 4.49. The summed E-state index contributed by atoms with van der Waals surface area (Å²) in [5.41, 5.74) is 2.93. The fourth-order valence-corrected chi connectivity index (χ4v) is 5.42. The molecule has 0 radical (unpaired) electrons. The van der Waals surface area contributed by atoms with Crippen LogP contribution in [0.2, 0.25) is 0 Å². The van der Waals surface area contributed by atoms with Crippen molar-refractivity contribution in [1.29, 1.82) is 0 Å². The van der Waals surface area contributed by atoms with Crippen LogP contribution >= 0.6 is 23.1 Å². The Morgan fingerprint density at radius 2 is 1.92 bits per heavy atom. The molecule has 25 heavy (non-hydrogen) atoms. The van der Waals surface area contributed by atoms with E-state index in [9.17, 15) is 5.11 Å². The van der Waals surface area contributed by atoms with Gasteiger partial charge in [-0.25, -0.2) is 0 Å². The van der Waals surface area contributed by atoms with Crippen LogP contribution in [0.5, 0.6) is 0 Å². The number of rotatable bonds is 6. The van der Waals surface area contributed by atoms with E-state index < -0.39 is 0 Å². The van der Waals surface area contributed by atoms with E-state index in [2.05, 4.69) is 54.7 Å². The molecule has 0 saturated carbocycles. The normalized spacial score (nSPS) is 17.1. The molecule has 0 spiro atoms. The Kier molecular flexibility index (Phi) is 8.50. The molecule has 1 aromatic heterocycles. The summed E-state index contributed by atoms with van der Waals surface area (Å²) in [7, 11) is 4.12. The second-order valence-corrected chi connectivity index (χ2v) is 8.82. The first kappa shape index (κ1) is 20.5. The summed E-state index contributed by atoms with van der Waals surface area (Å²) < 4.78 is 1.44. The fraction of sp³-hybridized carbons (Fsp3) is 0.524. The molecule has 0 amide bonds. The summed E-state index contributed by atoms with van der Waals surface area (Å²) in [6.07, 6.45) is 3.71. The van der Waals surface area contributed by atoms with Crippen molar-refractivity contribution in [2.24, 2.45) is 0 Å². The van der Waals surface area contributed by atoms with Gasteiger partial charge in [-0.15, -0.1) is 11.3 Å². The van der Waals surface area contributed by atoms with Crippen LogP contribution in [0.25, 0.3) is 0 Å². The Bertz CT molecular complexity index is 638. The molecule has 0 unspecified atom stereocenters. The number of fused-ring (bicyclic) bond motifs is 2. The Morgan fingerprint density at radius 1 is 1.16 bits per heavy atom. The molecule has 0 aliphatic carbocycles. The minimum atomic E-state index is -0.192. The maximum Gasteiger partial charge on any atom is 0.0678 e. The minimum absolute atomic E-state index is 0.192. The molecule has 1 aliphatic heterocycles. The van der Waals surface area contributed by atoms with Gasteiger partial charge in [0.05, 0.1) is 10.3 Å². The number of nitrogens with zero attached hydrogens (tertiary/aromatic N) is 1. The van der Waals surface area contributed by atoms with E-state index in [1.54, 1.807) is 0 Å². The van der Waals surface area contributed by atoms with E-state index in [1.165, 1.54) is 20.2 Å². The number of benzene rings is 1. The molecule has 1 aromatic carbocycles. The molecule has 0 saturated heterocycles. The van der Waals surface area contributed by atoms with Gasteiger partial charge in [0.15, 0.2) is 0 Å². The predicted molar refractivity (Wildman–Crippen MR) is 111 cm³/mol. The number of aliphatic hydroxyl groups is 1. The van der Waals surface area contributed by atoms with Gasteiger partial charge in [0.2, 0.25) is 0 Å². The predicted octanol–water partition coefficient (Wildman–Crippen LogP) is 5.66. The van der Waals surface area contributed by atoms with Crippen LogP contribution in [-0.2, 0) is 6.42 Å². The van der Waals surface area contributed by atoms with Crippen LogP contribution in [-0.4, -0.2) is 36.8 Å². The molecule has 2 atom stereocenters. The lowest BCUT2D eigenvalue weighted by atomic mass is 9.88. The zero-order chi connectivity index (χ0) is 18.2. The van der Waals surface area contributed by atoms with Crippen molar-refractivity contribution >= 4 is 23.1 Å². The largest absolute Gasteiger partial charge is 0.393 e. The van der Waals surface area contributed by atoms with Gasteiger partial charge in [-0.05, 0) is 80.9 Å². The smallest absolute Gasteiger partial charge is 0.0678 e. The summed E-state index contributed by atoms with van der Waals surface area (Å²) >= 11 is 3.76. The molecule has 2 nitrogen and oxygen atoms in total. The molecular formula is C21H31NOS2. The van der Waals surface area contributed by atoms with Crippen molar-refractivity contribution in [3.05, 3.63) is 46.8 Å². The average Bonchev–Trinajstić information content (AvgIpc) is 2.99. The van der Waals surface area contributed by atoms with Crippen LogP contribution in [0.15, 0.2) is 44.8 Å². The first-order chi connectivity index (χ1) is 12.1.